The van der Waals surface area contributed by atoms with Gasteiger partial charge in [-0.25, -0.2) is 5.43 Å². The van der Waals surface area contributed by atoms with Crippen LogP contribution in [0.25, 0.3) is 33.3 Å². The predicted molar refractivity (Wildman–Crippen MR) is 262 cm³/mol. The Morgan fingerprint density at radius 2 is 1.81 bits per heavy atom. The smallest absolute Gasteiger partial charge is 0.324 e. The van der Waals surface area contributed by atoms with Gasteiger partial charge in [-0.3, -0.25) is 34.1 Å². The molecule has 0 saturated carbocycles. The SMILES string of the molecule is CCn1c(-c2cccnc2C(C)C)c2c3cc(ccc31)-c1cccc(c1)C[C@H](NC(=O)[C@@H](COC1CN(C(=O)C#C[C@@H]3OCCCN3C)C1)C(C)C)C(=O)N1CCC[C@H](N1)C(=O)OCC(C)(C)C2. The summed E-state index contributed by atoms with van der Waals surface area (Å²) in [4.78, 5) is 64.2. The number of pyridine rings is 1. The number of fused-ring (bicyclic) bond motifs is 6. The zero-order chi connectivity index (χ0) is 48.3. The summed E-state index contributed by atoms with van der Waals surface area (Å²) in [5.74, 6) is 3.86. The summed E-state index contributed by atoms with van der Waals surface area (Å²) in [6.45, 7) is 18.4. The number of hydrazine groups is 1. The Morgan fingerprint density at radius 1 is 1.01 bits per heavy atom. The normalized spacial score (nSPS) is 22.0. The van der Waals surface area contributed by atoms with Crippen LogP contribution in [0.5, 0.6) is 0 Å². The average Bonchev–Trinajstić information content (AvgIpc) is 3.61. The maximum absolute atomic E-state index is 14.7. The largest absolute Gasteiger partial charge is 0.464 e. The van der Waals surface area contributed by atoms with E-state index in [0.717, 1.165) is 64.1 Å². The number of ether oxygens (including phenoxy) is 3. The quantitative estimate of drug-likeness (QED) is 0.144. The van der Waals surface area contributed by atoms with Gasteiger partial charge in [0.15, 0.2) is 6.23 Å². The van der Waals surface area contributed by atoms with E-state index in [-0.39, 0.29) is 55.3 Å². The predicted octanol–water partition coefficient (Wildman–Crippen LogP) is 6.34. The van der Waals surface area contributed by atoms with E-state index in [0.29, 0.717) is 45.5 Å². The van der Waals surface area contributed by atoms with E-state index in [1.54, 1.807) is 4.90 Å². The molecule has 6 heterocycles. The lowest BCUT2D eigenvalue weighted by atomic mass is 9.83. The molecule has 3 fully saturated rings. The standard InChI is InChI=1S/C54H69N7O7/c1-9-60-46-19-18-38-28-41(46)42(50(60)40-16-11-22-55-49(40)35(4)5)29-54(6,7)33-68-53(65)44-17-12-24-61(57-44)52(64)45(27-36-14-10-15-37(38)26-36)56-51(63)43(34(2)3)32-67-39-30-59(31-39)47(62)20-21-48-58(8)23-13-25-66-48/h10-11,14-16,18-19,22,26,28,34-35,39,43-45,48,57H,9,12-13,17,23-25,27,29-33H2,1-8H3,(H,56,63)/t43-,44-,45-,48-/m0/s1. The summed E-state index contributed by atoms with van der Waals surface area (Å²) in [6, 6.07) is 17.3. The molecule has 4 aliphatic heterocycles. The third-order valence-corrected chi connectivity index (χ3v) is 13.9. The highest BCUT2D eigenvalue weighted by Crippen LogP contribution is 2.42. The Hall–Kier alpha value is -5.59. The minimum absolute atomic E-state index is 0.113. The zero-order valence-electron chi connectivity index (χ0n) is 41.1. The van der Waals surface area contributed by atoms with Crippen molar-refractivity contribution in [3.05, 3.63) is 77.6 Å². The summed E-state index contributed by atoms with van der Waals surface area (Å²) >= 11 is 0. The first-order valence-corrected chi connectivity index (χ1v) is 24.6. The molecule has 4 aromatic rings. The summed E-state index contributed by atoms with van der Waals surface area (Å²) < 4.78 is 20.4. The first-order valence-electron chi connectivity index (χ1n) is 24.6. The maximum atomic E-state index is 14.7. The van der Waals surface area contributed by atoms with Crippen LogP contribution in [-0.4, -0.2) is 126 Å². The van der Waals surface area contributed by atoms with Gasteiger partial charge in [0.25, 0.3) is 11.8 Å². The number of carbonyl (C=O) groups excluding carboxylic acids is 4. The Balaban J connectivity index is 1.07. The van der Waals surface area contributed by atoms with Gasteiger partial charge in [0.05, 0.1) is 43.2 Å². The van der Waals surface area contributed by atoms with Crippen LogP contribution >= 0.6 is 0 Å². The molecule has 3 amide bonds. The lowest BCUT2D eigenvalue weighted by Crippen LogP contribution is -2.61. The van der Waals surface area contributed by atoms with Crippen molar-refractivity contribution in [2.24, 2.45) is 17.3 Å². The van der Waals surface area contributed by atoms with E-state index in [4.69, 9.17) is 19.2 Å². The number of hydrogen-bond acceptors (Lipinski definition) is 10. The van der Waals surface area contributed by atoms with E-state index in [2.05, 4.69) is 98.2 Å². The summed E-state index contributed by atoms with van der Waals surface area (Å²) in [5.41, 5.74) is 11.2. The van der Waals surface area contributed by atoms with Crippen LogP contribution in [0.15, 0.2) is 60.8 Å². The lowest BCUT2D eigenvalue weighted by molar-refractivity contribution is -0.155. The third kappa shape index (κ3) is 10.8. The van der Waals surface area contributed by atoms with Gasteiger partial charge < -0.3 is 29.0 Å². The fraction of sp³-hybridized carbons (Fsp3) is 0.537. The molecule has 0 unspecified atom stereocenters. The Morgan fingerprint density at radius 3 is 2.56 bits per heavy atom. The van der Waals surface area contributed by atoms with Crippen molar-refractivity contribution in [1.82, 2.24) is 35.1 Å². The first-order chi connectivity index (χ1) is 32.6. The highest BCUT2D eigenvalue weighted by atomic mass is 16.5. The molecule has 0 spiro atoms. The van der Waals surface area contributed by atoms with Gasteiger partial charge in [-0.05, 0) is 110 Å². The highest BCUT2D eigenvalue weighted by molar-refractivity contribution is 5.96. The second-order valence-corrected chi connectivity index (χ2v) is 20.5. The second kappa shape index (κ2) is 21.0. The van der Waals surface area contributed by atoms with E-state index >= 15 is 0 Å². The molecule has 2 aromatic carbocycles. The number of likely N-dealkylation sites (tertiary alicyclic amines) is 1. The molecule has 6 bridgehead atoms. The first kappa shape index (κ1) is 48.9. The Labute approximate surface area is 401 Å². The van der Waals surface area contributed by atoms with Gasteiger partial charge >= 0.3 is 5.97 Å². The molecule has 3 saturated heterocycles. The van der Waals surface area contributed by atoms with Crippen molar-refractivity contribution in [2.75, 3.05) is 53.0 Å². The van der Waals surface area contributed by atoms with Gasteiger partial charge in [0, 0.05) is 67.2 Å². The number of aromatic nitrogens is 2. The number of carbonyl (C=O) groups is 4. The number of esters is 1. The number of cyclic esters (lactones) is 1. The molecule has 0 radical (unpaired) electrons. The van der Waals surface area contributed by atoms with Crippen LogP contribution in [0, 0.1) is 29.1 Å². The van der Waals surface area contributed by atoms with Crippen molar-refractivity contribution < 1.29 is 33.4 Å². The Bertz CT molecular complexity index is 2570. The van der Waals surface area contributed by atoms with E-state index in [9.17, 15) is 19.2 Å². The topological polar surface area (TPSA) is 148 Å². The number of aryl methyl sites for hydroxylation is 1. The highest BCUT2D eigenvalue weighted by Gasteiger charge is 2.38. The third-order valence-electron chi connectivity index (χ3n) is 13.9. The molecule has 362 valence electrons. The van der Waals surface area contributed by atoms with Crippen LogP contribution in [0.3, 0.4) is 0 Å². The van der Waals surface area contributed by atoms with Crippen LogP contribution in [0.2, 0.25) is 0 Å². The lowest BCUT2D eigenvalue weighted by Gasteiger charge is -2.38. The number of hydrogen-bond donors (Lipinski definition) is 2. The minimum atomic E-state index is -0.952. The van der Waals surface area contributed by atoms with Crippen molar-refractivity contribution in [3.63, 3.8) is 0 Å². The van der Waals surface area contributed by atoms with E-state index < -0.39 is 35.6 Å². The van der Waals surface area contributed by atoms with Crippen LogP contribution in [0.4, 0.5) is 0 Å². The van der Waals surface area contributed by atoms with Crippen molar-refractivity contribution in [1.29, 1.82) is 0 Å². The summed E-state index contributed by atoms with van der Waals surface area (Å²) in [7, 11) is 1.93. The van der Waals surface area contributed by atoms with Gasteiger partial charge in [0.1, 0.15) is 12.1 Å². The molecule has 4 atom stereocenters. The molecule has 2 N–H and O–H groups in total. The molecule has 14 nitrogen and oxygen atoms in total. The van der Waals surface area contributed by atoms with Gasteiger partial charge in [-0.2, -0.15) is 0 Å². The van der Waals surface area contributed by atoms with Crippen molar-refractivity contribution in [3.8, 4) is 34.2 Å². The minimum Gasteiger partial charge on any atom is -0.464 e. The fourth-order valence-electron chi connectivity index (χ4n) is 9.92. The van der Waals surface area contributed by atoms with Crippen LogP contribution < -0.4 is 10.7 Å². The van der Waals surface area contributed by atoms with Crippen molar-refractivity contribution in [2.45, 2.75) is 117 Å². The van der Waals surface area contributed by atoms with Crippen LogP contribution in [-0.2, 0) is 52.8 Å². The molecular weight excluding hydrogens is 859 g/mol. The fourth-order valence-corrected chi connectivity index (χ4v) is 9.92. The van der Waals surface area contributed by atoms with Gasteiger partial charge in [-0.15, -0.1) is 0 Å². The monoisotopic (exact) mass is 928 g/mol. The zero-order valence-corrected chi connectivity index (χ0v) is 41.1. The molecule has 0 aliphatic carbocycles. The molecule has 68 heavy (non-hydrogen) atoms. The second-order valence-electron chi connectivity index (χ2n) is 20.5. The Kier molecular flexibility index (Phi) is 15.1. The molecular formula is C54H69N7O7. The summed E-state index contributed by atoms with van der Waals surface area (Å²) in [5, 5.41) is 5.75. The number of rotatable bonds is 9. The molecule has 14 heteroatoms. The number of amides is 3. The number of nitrogens with one attached hydrogen (secondary N) is 2. The van der Waals surface area contributed by atoms with Crippen molar-refractivity contribution >= 4 is 34.6 Å². The van der Waals surface area contributed by atoms with Crippen LogP contribution in [0.1, 0.15) is 90.5 Å². The molecule has 2 aromatic heterocycles. The molecule has 4 aliphatic rings. The maximum Gasteiger partial charge on any atom is 0.324 e. The van der Waals surface area contributed by atoms with E-state index in [1.807, 2.05) is 50.2 Å². The average molecular weight is 928 g/mol. The summed E-state index contributed by atoms with van der Waals surface area (Å²) in [6.07, 6.45) is 4.12. The number of nitrogens with zero attached hydrogens (tertiary/aromatic N) is 5. The van der Waals surface area contributed by atoms with E-state index in [1.165, 1.54) is 10.6 Å². The number of benzene rings is 2. The van der Waals surface area contributed by atoms with Gasteiger partial charge in [0.2, 0.25) is 5.91 Å². The molecule has 8 rings (SSSR count). The van der Waals surface area contributed by atoms with Gasteiger partial charge in [-0.1, -0.05) is 71.9 Å².